The summed E-state index contributed by atoms with van der Waals surface area (Å²) >= 11 is 0. The molecule has 0 saturated heterocycles. The Hall–Kier alpha value is -2.45. The fraction of sp³-hybridized carbons (Fsp3) is 0.409. The first kappa shape index (κ1) is 22.2. The molecule has 0 unspecified atom stereocenters. The van der Waals surface area contributed by atoms with Crippen LogP contribution in [0.4, 0.5) is 15.8 Å². The molecule has 1 aliphatic rings. The maximum absolute atomic E-state index is 13.1. The van der Waals surface area contributed by atoms with Gasteiger partial charge in [0.25, 0.3) is 10.0 Å². The average Bonchev–Trinajstić information content (AvgIpc) is 2.73. The van der Waals surface area contributed by atoms with Gasteiger partial charge in [-0.3, -0.25) is 14.4 Å². The zero-order chi connectivity index (χ0) is 21.9. The molecule has 0 aliphatic carbocycles. The molecule has 0 saturated carbocycles. The van der Waals surface area contributed by atoms with E-state index in [2.05, 4.69) is 21.9 Å². The molecular formula is C22H28FN3O3S. The van der Waals surface area contributed by atoms with Crippen LogP contribution in [0.15, 0.2) is 47.4 Å². The minimum Gasteiger partial charge on any atom is -0.326 e. The van der Waals surface area contributed by atoms with Crippen molar-refractivity contribution in [1.29, 1.82) is 0 Å². The summed E-state index contributed by atoms with van der Waals surface area (Å²) in [6.07, 6.45) is 0.830. The molecule has 30 heavy (non-hydrogen) atoms. The maximum Gasteiger partial charge on any atom is 0.262 e. The normalized spacial score (nSPS) is 14.8. The molecule has 2 aromatic carbocycles. The Morgan fingerprint density at radius 3 is 2.43 bits per heavy atom. The maximum atomic E-state index is 13.1. The fourth-order valence-corrected chi connectivity index (χ4v) is 4.65. The van der Waals surface area contributed by atoms with E-state index in [1.165, 1.54) is 13.8 Å². The summed E-state index contributed by atoms with van der Waals surface area (Å²) in [6, 6.07) is 11.7. The average molecular weight is 434 g/mol. The number of sulfonamides is 1. The van der Waals surface area contributed by atoms with Gasteiger partial charge in [-0.15, -0.1) is 0 Å². The zero-order valence-corrected chi connectivity index (χ0v) is 18.4. The molecule has 1 amide bonds. The first-order chi connectivity index (χ1) is 14.2. The monoisotopic (exact) mass is 433 g/mol. The second-order valence-electron chi connectivity index (χ2n) is 8.17. The van der Waals surface area contributed by atoms with Crippen LogP contribution in [0.3, 0.4) is 0 Å². The minimum absolute atomic E-state index is 0.292. The Morgan fingerprint density at radius 2 is 1.80 bits per heavy atom. The van der Waals surface area contributed by atoms with E-state index in [9.17, 15) is 17.6 Å². The van der Waals surface area contributed by atoms with Gasteiger partial charge >= 0.3 is 0 Å². The molecule has 2 aromatic rings. The molecular weight excluding hydrogens is 405 g/mol. The van der Waals surface area contributed by atoms with E-state index in [0.717, 1.165) is 30.6 Å². The van der Waals surface area contributed by atoms with Gasteiger partial charge in [-0.1, -0.05) is 19.1 Å². The van der Waals surface area contributed by atoms with Crippen LogP contribution in [0.25, 0.3) is 0 Å². The van der Waals surface area contributed by atoms with Gasteiger partial charge in [0.2, 0.25) is 5.91 Å². The van der Waals surface area contributed by atoms with Crippen LogP contribution in [0.1, 0.15) is 31.9 Å². The van der Waals surface area contributed by atoms with Gasteiger partial charge in [0.05, 0.1) is 10.3 Å². The van der Waals surface area contributed by atoms with Gasteiger partial charge in [0, 0.05) is 24.5 Å². The quantitative estimate of drug-likeness (QED) is 0.696. The van der Waals surface area contributed by atoms with Gasteiger partial charge in [-0.05, 0) is 68.3 Å². The van der Waals surface area contributed by atoms with Crippen LogP contribution >= 0.6 is 0 Å². The van der Waals surface area contributed by atoms with Crippen molar-refractivity contribution in [3.8, 4) is 0 Å². The van der Waals surface area contributed by atoms with Crippen LogP contribution < -0.4 is 10.0 Å². The topological polar surface area (TPSA) is 78.5 Å². The second-order valence-corrected chi connectivity index (χ2v) is 9.82. The highest BCUT2D eigenvalue weighted by Gasteiger charge is 2.28. The number of carbonyl (C=O) groups excluding carboxylic acids is 1. The number of amides is 1. The van der Waals surface area contributed by atoms with Crippen molar-refractivity contribution in [2.24, 2.45) is 5.41 Å². The number of likely N-dealkylation sites (N-methyl/N-ethyl adjacent to an activating group) is 1. The lowest BCUT2D eigenvalue weighted by molar-refractivity contribution is -0.124. The standard InChI is InChI=1S/C22H28FN3O3S/c1-4-26-13-12-16-6-5-7-20(19(16)14-26)30(28,29)25-18-10-8-17(9-11-18)24-21(27)22(2,3)15-23/h5-11,25H,4,12-15H2,1-3H3,(H,24,27). The molecule has 0 fully saturated rings. The van der Waals surface area contributed by atoms with E-state index in [1.807, 2.05) is 6.07 Å². The van der Waals surface area contributed by atoms with Crippen LogP contribution in [0.5, 0.6) is 0 Å². The summed E-state index contributed by atoms with van der Waals surface area (Å²) in [5.74, 6) is -0.435. The third-order valence-corrected chi connectivity index (χ3v) is 6.86. The number of benzene rings is 2. The SMILES string of the molecule is CCN1CCc2cccc(S(=O)(=O)Nc3ccc(NC(=O)C(C)(C)CF)cc3)c2C1. The predicted octanol–water partition coefficient (Wildman–Crippen LogP) is 3.80. The molecule has 2 N–H and O–H groups in total. The van der Waals surface area contributed by atoms with Crippen molar-refractivity contribution in [3.63, 3.8) is 0 Å². The third-order valence-electron chi connectivity index (χ3n) is 5.39. The largest absolute Gasteiger partial charge is 0.326 e. The second kappa shape index (κ2) is 8.73. The van der Waals surface area contributed by atoms with Crippen LogP contribution in [0, 0.1) is 5.41 Å². The van der Waals surface area contributed by atoms with Gasteiger partial charge < -0.3 is 5.32 Å². The smallest absolute Gasteiger partial charge is 0.262 e. The number of nitrogens with zero attached hydrogens (tertiary/aromatic N) is 1. The highest BCUT2D eigenvalue weighted by atomic mass is 32.2. The Morgan fingerprint density at radius 1 is 1.13 bits per heavy atom. The summed E-state index contributed by atoms with van der Waals surface area (Å²) in [6.45, 7) is 6.73. The van der Waals surface area contributed by atoms with Gasteiger partial charge in [-0.25, -0.2) is 12.8 Å². The van der Waals surface area contributed by atoms with Crippen molar-refractivity contribution in [1.82, 2.24) is 4.90 Å². The van der Waals surface area contributed by atoms with E-state index < -0.39 is 28.0 Å². The van der Waals surface area contributed by atoms with E-state index in [1.54, 1.807) is 36.4 Å². The summed E-state index contributed by atoms with van der Waals surface area (Å²) in [4.78, 5) is 14.6. The van der Waals surface area contributed by atoms with E-state index in [0.29, 0.717) is 22.8 Å². The highest BCUT2D eigenvalue weighted by molar-refractivity contribution is 7.92. The highest BCUT2D eigenvalue weighted by Crippen LogP contribution is 2.28. The Labute approximate surface area is 177 Å². The summed E-state index contributed by atoms with van der Waals surface area (Å²) in [5, 5.41) is 2.65. The number of anilines is 2. The number of halogens is 1. The van der Waals surface area contributed by atoms with Crippen molar-refractivity contribution < 1.29 is 17.6 Å². The van der Waals surface area contributed by atoms with Crippen LogP contribution in [-0.2, 0) is 27.8 Å². The number of fused-ring (bicyclic) bond motifs is 1. The third kappa shape index (κ3) is 4.82. The zero-order valence-electron chi connectivity index (χ0n) is 17.5. The lowest BCUT2D eigenvalue weighted by atomic mass is 9.94. The van der Waals surface area contributed by atoms with Crippen molar-refractivity contribution in [2.75, 3.05) is 29.8 Å². The molecule has 0 aromatic heterocycles. The summed E-state index contributed by atoms with van der Waals surface area (Å²) in [7, 11) is -3.76. The molecule has 162 valence electrons. The number of hydrogen-bond acceptors (Lipinski definition) is 4. The molecule has 0 bridgehead atoms. The molecule has 8 heteroatoms. The Bertz CT molecular complexity index is 1020. The van der Waals surface area contributed by atoms with E-state index in [-0.39, 0.29) is 0 Å². The number of hydrogen-bond donors (Lipinski definition) is 2. The number of rotatable bonds is 7. The number of carbonyl (C=O) groups is 1. The molecule has 0 atom stereocenters. The Balaban J connectivity index is 1.78. The molecule has 0 spiro atoms. The summed E-state index contributed by atoms with van der Waals surface area (Å²) < 4.78 is 41.7. The van der Waals surface area contributed by atoms with Crippen molar-refractivity contribution in [2.45, 2.75) is 38.6 Å². The van der Waals surface area contributed by atoms with E-state index in [4.69, 9.17) is 0 Å². The van der Waals surface area contributed by atoms with Crippen LogP contribution in [0.2, 0.25) is 0 Å². The molecule has 1 aliphatic heterocycles. The van der Waals surface area contributed by atoms with Gasteiger partial charge in [0.15, 0.2) is 0 Å². The molecule has 6 nitrogen and oxygen atoms in total. The fourth-order valence-electron chi connectivity index (χ4n) is 3.32. The van der Waals surface area contributed by atoms with Gasteiger partial charge in [-0.2, -0.15) is 0 Å². The van der Waals surface area contributed by atoms with Crippen LogP contribution in [-0.4, -0.2) is 39.0 Å². The number of nitrogens with one attached hydrogen (secondary N) is 2. The molecule has 0 radical (unpaired) electrons. The van der Waals surface area contributed by atoms with Crippen molar-refractivity contribution >= 4 is 27.3 Å². The Kier molecular flexibility index (Phi) is 6.47. The summed E-state index contributed by atoms with van der Waals surface area (Å²) in [5.41, 5.74) is 1.64. The first-order valence-corrected chi connectivity index (χ1v) is 11.5. The first-order valence-electron chi connectivity index (χ1n) is 9.99. The predicted molar refractivity (Wildman–Crippen MR) is 117 cm³/mol. The number of alkyl halides is 1. The lowest BCUT2D eigenvalue weighted by Crippen LogP contribution is -2.32. The minimum atomic E-state index is -3.76. The lowest BCUT2D eigenvalue weighted by Gasteiger charge is -2.29. The molecule has 1 heterocycles. The van der Waals surface area contributed by atoms with Crippen molar-refractivity contribution in [3.05, 3.63) is 53.6 Å². The van der Waals surface area contributed by atoms with Gasteiger partial charge in [0.1, 0.15) is 6.67 Å². The molecule has 3 rings (SSSR count). The van der Waals surface area contributed by atoms with E-state index >= 15 is 0 Å².